The predicted molar refractivity (Wildman–Crippen MR) is 76.3 cm³/mol. The van der Waals surface area contributed by atoms with Crippen LogP contribution in [-0.2, 0) is 6.54 Å². The number of aromatic nitrogens is 1. The van der Waals surface area contributed by atoms with E-state index in [1.807, 2.05) is 18.2 Å². The van der Waals surface area contributed by atoms with Gasteiger partial charge in [-0.25, -0.2) is 0 Å². The Kier molecular flexibility index (Phi) is 4.24. The Bertz CT molecular complexity index is 579. The summed E-state index contributed by atoms with van der Waals surface area (Å²) in [7, 11) is 0. The summed E-state index contributed by atoms with van der Waals surface area (Å²) in [6.07, 6.45) is 1.67. The van der Waals surface area contributed by atoms with Crippen molar-refractivity contribution in [1.82, 2.24) is 10.3 Å². The number of rotatable bonds is 3. The normalized spacial score (nSPS) is 10.2. The van der Waals surface area contributed by atoms with Crippen molar-refractivity contribution in [1.29, 1.82) is 0 Å². The van der Waals surface area contributed by atoms with Crippen molar-refractivity contribution in [2.75, 3.05) is 5.73 Å². The number of nitrogens with one attached hydrogen (secondary N) is 1. The molecule has 0 radical (unpaired) electrons. The first kappa shape index (κ1) is 13.6. The van der Waals surface area contributed by atoms with E-state index in [1.54, 1.807) is 6.20 Å². The molecule has 1 aromatic heterocycles. The molecule has 98 valence electrons. The lowest BCUT2D eigenvalue weighted by molar-refractivity contribution is 0.0950. The number of hydrogen-bond acceptors (Lipinski definition) is 3. The maximum Gasteiger partial charge on any atom is 0.251 e. The van der Waals surface area contributed by atoms with Crippen molar-refractivity contribution in [3.63, 3.8) is 0 Å². The summed E-state index contributed by atoms with van der Waals surface area (Å²) in [5.74, 6) is -0.283. The summed E-state index contributed by atoms with van der Waals surface area (Å²) < 4.78 is 0. The second-order valence-electron chi connectivity index (χ2n) is 3.86. The Morgan fingerprint density at radius 2 is 1.95 bits per heavy atom. The van der Waals surface area contributed by atoms with E-state index in [1.165, 1.54) is 12.1 Å². The summed E-state index contributed by atoms with van der Waals surface area (Å²) in [4.78, 5) is 16.0. The van der Waals surface area contributed by atoms with Crippen molar-refractivity contribution >= 4 is 34.8 Å². The third-order valence-electron chi connectivity index (χ3n) is 2.50. The van der Waals surface area contributed by atoms with Gasteiger partial charge in [-0.1, -0.05) is 29.3 Å². The molecule has 0 saturated carbocycles. The number of carbonyl (C=O) groups is 1. The highest BCUT2D eigenvalue weighted by atomic mass is 35.5. The van der Waals surface area contributed by atoms with Crippen molar-refractivity contribution in [2.24, 2.45) is 0 Å². The number of carbonyl (C=O) groups excluding carboxylic acids is 1. The fourth-order valence-corrected chi connectivity index (χ4v) is 1.98. The molecule has 4 nitrogen and oxygen atoms in total. The number of nitrogens with zero attached hydrogens (tertiary/aromatic N) is 1. The molecule has 3 N–H and O–H groups in total. The Hall–Kier alpha value is -1.78. The maximum atomic E-state index is 11.9. The van der Waals surface area contributed by atoms with Crippen LogP contribution in [0, 0.1) is 0 Å². The van der Waals surface area contributed by atoms with Crippen molar-refractivity contribution in [2.45, 2.75) is 6.54 Å². The molecule has 0 bridgehead atoms. The van der Waals surface area contributed by atoms with Gasteiger partial charge in [-0.3, -0.25) is 9.78 Å². The highest BCUT2D eigenvalue weighted by molar-refractivity contribution is 6.39. The molecule has 1 aromatic carbocycles. The molecule has 0 saturated heterocycles. The van der Waals surface area contributed by atoms with Crippen LogP contribution in [0.5, 0.6) is 0 Å². The molecule has 0 aliphatic heterocycles. The van der Waals surface area contributed by atoms with Gasteiger partial charge in [0.25, 0.3) is 5.91 Å². The van der Waals surface area contributed by atoms with Crippen molar-refractivity contribution < 1.29 is 4.79 Å². The molecule has 19 heavy (non-hydrogen) atoms. The van der Waals surface area contributed by atoms with Gasteiger partial charge in [0.15, 0.2) is 0 Å². The number of benzene rings is 1. The van der Waals surface area contributed by atoms with Gasteiger partial charge in [0.05, 0.1) is 28.0 Å². The smallest absolute Gasteiger partial charge is 0.251 e. The van der Waals surface area contributed by atoms with Crippen LogP contribution >= 0.6 is 23.2 Å². The molecule has 1 amide bonds. The third kappa shape index (κ3) is 3.36. The second kappa shape index (κ2) is 5.91. The number of halogens is 2. The molecule has 0 atom stereocenters. The van der Waals surface area contributed by atoms with E-state index in [0.717, 1.165) is 5.69 Å². The zero-order valence-electron chi connectivity index (χ0n) is 9.86. The first-order valence-electron chi connectivity index (χ1n) is 5.50. The Morgan fingerprint density at radius 3 is 2.53 bits per heavy atom. The Morgan fingerprint density at radius 1 is 1.26 bits per heavy atom. The molecule has 2 aromatic rings. The van der Waals surface area contributed by atoms with Crippen LogP contribution in [0.1, 0.15) is 16.1 Å². The zero-order chi connectivity index (χ0) is 13.8. The SMILES string of the molecule is Nc1c(Cl)cc(C(=O)NCc2ccccn2)cc1Cl. The van der Waals surface area contributed by atoms with Crippen LogP contribution in [0.2, 0.25) is 10.0 Å². The standard InChI is InChI=1S/C13H11Cl2N3O/c14-10-5-8(6-11(15)12(10)16)13(19)18-7-9-3-1-2-4-17-9/h1-6H,7,16H2,(H,18,19). The predicted octanol–water partition coefficient (Wildman–Crippen LogP) is 2.90. The van der Waals surface area contributed by atoms with Gasteiger partial charge in [-0.2, -0.15) is 0 Å². The van der Waals surface area contributed by atoms with Crippen LogP contribution in [0.3, 0.4) is 0 Å². The molecule has 1 heterocycles. The average Bonchev–Trinajstić information content (AvgIpc) is 2.42. The van der Waals surface area contributed by atoms with E-state index in [-0.39, 0.29) is 21.6 Å². The highest BCUT2D eigenvalue weighted by Crippen LogP contribution is 2.28. The minimum atomic E-state index is -0.283. The number of amides is 1. The minimum absolute atomic E-state index is 0.260. The number of nitrogens with two attached hydrogens (primary N) is 1. The van der Waals surface area contributed by atoms with Crippen LogP contribution in [0.25, 0.3) is 0 Å². The number of anilines is 1. The molecule has 0 aliphatic rings. The van der Waals surface area contributed by atoms with E-state index < -0.39 is 0 Å². The first-order chi connectivity index (χ1) is 9.08. The largest absolute Gasteiger partial charge is 0.396 e. The van der Waals surface area contributed by atoms with Crippen molar-refractivity contribution in [3.8, 4) is 0 Å². The van der Waals surface area contributed by atoms with E-state index >= 15 is 0 Å². The lowest BCUT2D eigenvalue weighted by Crippen LogP contribution is -2.23. The Labute approximate surface area is 120 Å². The lowest BCUT2D eigenvalue weighted by atomic mass is 10.2. The van der Waals surface area contributed by atoms with Gasteiger partial charge in [0.2, 0.25) is 0 Å². The molecule has 0 spiro atoms. The zero-order valence-corrected chi connectivity index (χ0v) is 11.4. The summed E-state index contributed by atoms with van der Waals surface area (Å²) in [6, 6.07) is 8.45. The monoisotopic (exact) mass is 295 g/mol. The lowest BCUT2D eigenvalue weighted by Gasteiger charge is -2.07. The van der Waals surface area contributed by atoms with Crippen molar-refractivity contribution in [3.05, 3.63) is 57.8 Å². The van der Waals surface area contributed by atoms with Crippen LogP contribution in [0.4, 0.5) is 5.69 Å². The second-order valence-corrected chi connectivity index (χ2v) is 4.67. The van der Waals surface area contributed by atoms with Crippen LogP contribution < -0.4 is 11.1 Å². The van der Waals surface area contributed by atoms with E-state index in [4.69, 9.17) is 28.9 Å². The molecule has 2 rings (SSSR count). The molecule has 0 fully saturated rings. The van der Waals surface area contributed by atoms with Crippen LogP contribution in [-0.4, -0.2) is 10.9 Å². The van der Waals surface area contributed by atoms with E-state index in [9.17, 15) is 4.79 Å². The van der Waals surface area contributed by atoms with Gasteiger partial charge in [0.1, 0.15) is 0 Å². The molecule has 6 heteroatoms. The summed E-state index contributed by atoms with van der Waals surface area (Å²) in [5.41, 5.74) is 7.01. The number of hydrogen-bond donors (Lipinski definition) is 2. The van der Waals surface area contributed by atoms with Gasteiger partial charge in [0, 0.05) is 11.8 Å². The Balaban J connectivity index is 2.08. The van der Waals surface area contributed by atoms with Crippen LogP contribution in [0.15, 0.2) is 36.5 Å². The molecule has 0 aliphatic carbocycles. The summed E-state index contributed by atoms with van der Waals surface area (Å²) in [5, 5.41) is 3.25. The highest BCUT2D eigenvalue weighted by Gasteiger charge is 2.11. The molecular weight excluding hydrogens is 285 g/mol. The quantitative estimate of drug-likeness (QED) is 0.856. The average molecular weight is 296 g/mol. The maximum absolute atomic E-state index is 11.9. The third-order valence-corrected chi connectivity index (χ3v) is 3.12. The van der Waals surface area contributed by atoms with Gasteiger partial charge >= 0.3 is 0 Å². The van der Waals surface area contributed by atoms with Gasteiger partial charge in [-0.05, 0) is 24.3 Å². The fourth-order valence-electron chi connectivity index (χ4n) is 1.49. The minimum Gasteiger partial charge on any atom is -0.396 e. The number of pyridine rings is 1. The molecule has 0 unspecified atom stereocenters. The van der Waals surface area contributed by atoms with E-state index in [0.29, 0.717) is 12.1 Å². The first-order valence-corrected chi connectivity index (χ1v) is 6.26. The summed E-state index contributed by atoms with van der Waals surface area (Å²) in [6.45, 7) is 0.333. The fraction of sp³-hybridized carbons (Fsp3) is 0.0769. The number of nitrogen functional groups attached to an aromatic ring is 1. The molecular formula is C13H11Cl2N3O. The van der Waals surface area contributed by atoms with Gasteiger partial charge < -0.3 is 11.1 Å². The van der Waals surface area contributed by atoms with Gasteiger partial charge in [-0.15, -0.1) is 0 Å². The topological polar surface area (TPSA) is 68.0 Å². The van der Waals surface area contributed by atoms with E-state index in [2.05, 4.69) is 10.3 Å². The summed E-state index contributed by atoms with van der Waals surface area (Å²) >= 11 is 11.8.